The highest BCUT2D eigenvalue weighted by Gasteiger charge is 2.02. The highest BCUT2D eigenvalue weighted by Crippen LogP contribution is 2.14. The molecule has 2 heteroatoms. The molecule has 2 aromatic rings. The Bertz CT molecular complexity index is 451. The summed E-state index contributed by atoms with van der Waals surface area (Å²) in [5.41, 5.74) is 7.94. The first-order valence-corrected chi connectivity index (χ1v) is 5.33. The van der Waals surface area contributed by atoms with Crippen LogP contribution in [0.4, 0.5) is 0 Å². The molecular weight excluding hydrogens is 184 g/mol. The predicted octanol–water partition coefficient (Wildman–Crippen LogP) is 2.37. The van der Waals surface area contributed by atoms with Gasteiger partial charge in [0.05, 0.1) is 5.52 Å². The van der Waals surface area contributed by atoms with Gasteiger partial charge < -0.3 is 5.73 Å². The van der Waals surface area contributed by atoms with Crippen molar-refractivity contribution in [2.45, 2.75) is 13.3 Å². The van der Waals surface area contributed by atoms with Crippen molar-refractivity contribution >= 4 is 10.9 Å². The quantitative estimate of drug-likeness (QED) is 0.826. The van der Waals surface area contributed by atoms with E-state index in [-0.39, 0.29) is 0 Å². The van der Waals surface area contributed by atoms with E-state index in [1.165, 1.54) is 10.9 Å². The number of benzene rings is 1. The summed E-state index contributed by atoms with van der Waals surface area (Å²) >= 11 is 0. The molecule has 0 amide bonds. The maximum Gasteiger partial charge on any atom is 0.0702 e. The molecule has 0 saturated carbocycles. The maximum atomic E-state index is 5.61. The Balaban J connectivity index is 2.30. The van der Waals surface area contributed by atoms with Gasteiger partial charge >= 0.3 is 0 Å². The van der Waals surface area contributed by atoms with E-state index in [1.807, 2.05) is 24.4 Å². The van der Waals surface area contributed by atoms with Crippen LogP contribution in [-0.4, -0.2) is 11.5 Å². The number of hydrogen-bond donors (Lipinski definition) is 1. The minimum atomic E-state index is 0.521. The predicted molar refractivity (Wildman–Crippen MR) is 63.7 cm³/mol. The topological polar surface area (TPSA) is 38.9 Å². The standard InChI is InChI=1S/C13H16N2/c1-10(8-14)6-11-7-12-4-2-3-5-13(12)15-9-11/h2-5,7,9-10H,6,8,14H2,1H3. The Hall–Kier alpha value is -1.41. The Kier molecular flexibility index (Phi) is 2.97. The van der Waals surface area contributed by atoms with Gasteiger partial charge in [0, 0.05) is 11.6 Å². The van der Waals surface area contributed by atoms with Crippen LogP contribution in [0, 0.1) is 5.92 Å². The molecule has 0 aliphatic carbocycles. The average molecular weight is 200 g/mol. The molecule has 2 nitrogen and oxygen atoms in total. The van der Waals surface area contributed by atoms with Crippen LogP contribution >= 0.6 is 0 Å². The number of pyridine rings is 1. The lowest BCUT2D eigenvalue weighted by atomic mass is 10.0. The fourth-order valence-electron chi connectivity index (χ4n) is 1.71. The molecule has 0 spiro atoms. The first-order chi connectivity index (χ1) is 7.29. The summed E-state index contributed by atoms with van der Waals surface area (Å²) in [5.74, 6) is 0.521. The van der Waals surface area contributed by atoms with Crippen LogP contribution < -0.4 is 5.73 Å². The molecule has 0 aliphatic rings. The Morgan fingerprint density at radius 1 is 1.33 bits per heavy atom. The van der Waals surface area contributed by atoms with Crippen molar-refractivity contribution in [2.24, 2.45) is 11.7 Å². The van der Waals surface area contributed by atoms with Crippen molar-refractivity contribution in [3.05, 3.63) is 42.1 Å². The van der Waals surface area contributed by atoms with Gasteiger partial charge in [0.2, 0.25) is 0 Å². The molecule has 0 saturated heterocycles. The number of para-hydroxylation sites is 1. The minimum absolute atomic E-state index is 0.521. The van der Waals surface area contributed by atoms with Crippen molar-refractivity contribution in [3.8, 4) is 0 Å². The second-order valence-electron chi connectivity index (χ2n) is 4.08. The molecule has 0 radical (unpaired) electrons. The molecule has 0 bridgehead atoms. The van der Waals surface area contributed by atoms with E-state index < -0.39 is 0 Å². The number of aromatic nitrogens is 1. The van der Waals surface area contributed by atoms with Gasteiger partial charge in [0.1, 0.15) is 0 Å². The molecule has 2 rings (SSSR count). The highest BCUT2D eigenvalue weighted by atomic mass is 14.6. The van der Waals surface area contributed by atoms with E-state index in [1.54, 1.807) is 0 Å². The zero-order valence-electron chi connectivity index (χ0n) is 8.98. The number of rotatable bonds is 3. The van der Waals surface area contributed by atoms with Crippen LogP contribution in [0.25, 0.3) is 10.9 Å². The molecule has 1 unspecified atom stereocenters. The van der Waals surface area contributed by atoms with Crippen molar-refractivity contribution in [3.63, 3.8) is 0 Å². The first-order valence-electron chi connectivity index (χ1n) is 5.33. The van der Waals surface area contributed by atoms with Crippen LogP contribution in [0.2, 0.25) is 0 Å². The Morgan fingerprint density at radius 3 is 2.93 bits per heavy atom. The Morgan fingerprint density at radius 2 is 2.13 bits per heavy atom. The van der Waals surface area contributed by atoms with Gasteiger partial charge in [-0.3, -0.25) is 4.98 Å². The van der Waals surface area contributed by atoms with E-state index in [0.717, 1.165) is 18.5 Å². The van der Waals surface area contributed by atoms with Gasteiger partial charge in [-0.15, -0.1) is 0 Å². The van der Waals surface area contributed by atoms with E-state index >= 15 is 0 Å². The molecule has 0 fully saturated rings. The van der Waals surface area contributed by atoms with Crippen molar-refractivity contribution in [1.29, 1.82) is 0 Å². The van der Waals surface area contributed by atoms with Crippen molar-refractivity contribution in [2.75, 3.05) is 6.54 Å². The lowest BCUT2D eigenvalue weighted by Crippen LogP contribution is -2.13. The lowest BCUT2D eigenvalue weighted by Gasteiger charge is -2.08. The SMILES string of the molecule is CC(CN)Cc1cnc2ccccc2c1. The van der Waals surface area contributed by atoms with Gasteiger partial charge in [-0.05, 0) is 36.6 Å². The van der Waals surface area contributed by atoms with E-state index in [9.17, 15) is 0 Å². The molecule has 1 aromatic carbocycles. The summed E-state index contributed by atoms with van der Waals surface area (Å²) in [6, 6.07) is 10.4. The third-order valence-corrected chi connectivity index (χ3v) is 2.63. The van der Waals surface area contributed by atoms with Gasteiger partial charge in [-0.2, -0.15) is 0 Å². The zero-order valence-corrected chi connectivity index (χ0v) is 8.98. The van der Waals surface area contributed by atoms with Crippen LogP contribution in [0.15, 0.2) is 36.5 Å². The summed E-state index contributed by atoms with van der Waals surface area (Å²) in [6.07, 6.45) is 2.96. The van der Waals surface area contributed by atoms with E-state index in [0.29, 0.717) is 5.92 Å². The fourth-order valence-corrected chi connectivity index (χ4v) is 1.71. The summed E-state index contributed by atoms with van der Waals surface area (Å²) in [5, 5.41) is 1.21. The molecule has 78 valence electrons. The van der Waals surface area contributed by atoms with Crippen molar-refractivity contribution in [1.82, 2.24) is 4.98 Å². The smallest absolute Gasteiger partial charge is 0.0702 e. The average Bonchev–Trinajstić information content (AvgIpc) is 2.29. The van der Waals surface area contributed by atoms with Crippen LogP contribution in [0.1, 0.15) is 12.5 Å². The largest absolute Gasteiger partial charge is 0.330 e. The number of nitrogens with two attached hydrogens (primary N) is 1. The second-order valence-corrected chi connectivity index (χ2v) is 4.08. The monoisotopic (exact) mass is 200 g/mol. The summed E-state index contributed by atoms with van der Waals surface area (Å²) in [4.78, 5) is 4.43. The molecular formula is C13H16N2. The highest BCUT2D eigenvalue weighted by molar-refractivity contribution is 5.78. The number of fused-ring (bicyclic) bond motifs is 1. The first kappa shape index (κ1) is 10.1. The lowest BCUT2D eigenvalue weighted by molar-refractivity contribution is 0.592. The van der Waals surface area contributed by atoms with Crippen LogP contribution in [0.5, 0.6) is 0 Å². The molecule has 1 heterocycles. The number of nitrogens with zero attached hydrogens (tertiary/aromatic N) is 1. The van der Waals surface area contributed by atoms with Gasteiger partial charge in [0.15, 0.2) is 0 Å². The van der Waals surface area contributed by atoms with E-state index in [2.05, 4.69) is 24.0 Å². The summed E-state index contributed by atoms with van der Waals surface area (Å²) in [6.45, 7) is 2.89. The van der Waals surface area contributed by atoms with Crippen LogP contribution in [-0.2, 0) is 6.42 Å². The normalized spacial score (nSPS) is 12.9. The maximum absolute atomic E-state index is 5.61. The Labute approximate surface area is 90.1 Å². The van der Waals surface area contributed by atoms with Gasteiger partial charge in [-0.1, -0.05) is 25.1 Å². The second kappa shape index (κ2) is 4.41. The fraction of sp³-hybridized carbons (Fsp3) is 0.308. The third kappa shape index (κ3) is 2.34. The summed E-state index contributed by atoms with van der Waals surface area (Å²) in [7, 11) is 0. The molecule has 1 atom stereocenters. The zero-order chi connectivity index (χ0) is 10.7. The number of hydrogen-bond acceptors (Lipinski definition) is 2. The third-order valence-electron chi connectivity index (χ3n) is 2.63. The van der Waals surface area contributed by atoms with Crippen molar-refractivity contribution < 1.29 is 0 Å². The molecule has 0 aliphatic heterocycles. The van der Waals surface area contributed by atoms with Crippen LogP contribution in [0.3, 0.4) is 0 Å². The molecule has 15 heavy (non-hydrogen) atoms. The van der Waals surface area contributed by atoms with E-state index in [4.69, 9.17) is 5.73 Å². The minimum Gasteiger partial charge on any atom is -0.330 e. The van der Waals surface area contributed by atoms with Gasteiger partial charge in [-0.25, -0.2) is 0 Å². The molecule has 2 N–H and O–H groups in total. The summed E-state index contributed by atoms with van der Waals surface area (Å²) < 4.78 is 0. The van der Waals surface area contributed by atoms with Gasteiger partial charge in [0.25, 0.3) is 0 Å². The molecule has 1 aromatic heterocycles.